The molecule has 3 aromatic rings. The number of nitrogens with zero attached hydrogens (tertiary/aromatic N) is 1. The smallest absolute Gasteiger partial charge is 0.234 e. The van der Waals surface area contributed by atoms with Gasteiger partial charge in [-0.15, -0.1) is 0 Å². The number of ketones is 1. The number of benzene rings is 2. The first kappa shape index (κ1) is 20.7. The zero-order valence-corrected chi connectivity index (χ0v) is 17.7. The summed E-state index contributed by atoms with van der Waals surface area (Å²) in [5, 5.41) is 9.32. The molecule has 1 atom stereocenters. The predicted octanol–water partition coefficient (Wildman–Crippen LogP) is 3.64. The van der Waals surface area contributed by atoms with Gasteiger partial charge in [0.15, 0.2) is 5.78 Å². The number of sulfonamides is 1. The molecule has 0 radical (unpaired) electrons. The van der Waals surface area contributed by atoms with Crippen molar-refractivity contribution in [1.29, 1.82) is 0 Å². The first-order valence-electron chi connectivity index (χ1n) is 9.59. The third-order valence-corrected chi connectivity index (χ3v) is 6.85. The standard InChI is InChI=1S/C22H21ClN2O4S/c23-19-14-16(24-30(28,29)12-11-26)13-18(22(27)15-5-2-1-3-6-15)21(19)17-8-10-25-9-4-7-20(17)25/h1-7,9,13-14,17,24,26H,8,10-12H2. The van der Waals surface area contributed by atoms with Crippen LogP contribution >= 0.6 is 11.6 Å². The highest BCUT2D eigenvalue weighted by molar-refractivity contribution is 7.92. The summed E-state index contributed by atoms with van der Waals surface area (Å²) in [6.45, 7) is 0.323. The maximum absolute atomic E-state index is 13.4. The van der Waals surface area contributed by atoms with Gasteiger partial charge in [-0.3, -0.25) is 9.52 Å². The zero-order chi connectivity index (χ0) is 21.3. The van der Waals surface area contributed by atoms with E-state index in [9.17, 15) is 13.2 Å². The van der Waals surface area contributed by atoms with Crippen LogP contribution in [0.25, 0.3) is 0 Å². The Bertz CT molecular complexity index is 1190. The molecular formula is C22H21ClN2O4S. The van der Waals surface area contributed by atoms with Gasteiger partial charge in [0, 0.05) is 40.5 Å². The van der Waals surface area contributed by atoms with Crippen LogP contribution in [0.5, 0.6) is 0 Å². The number of halogens is 1. The first-order valence-corrected chi connectivity index (χ1v) is 11.6. The summed E-state index contributed by atoms with van der Waals surface area (Å²) in [5.41, 5.74) is 2.85. The van der Waals surface area contributed by atoms with E-state index in [1.807, 2.05) is 24.4 Å². The maximum atomic E-state index is 13.4. The molecule has 6 nitrogen and oxygen atoms in total. The molecule has 0 fully saturated rings. The van der Waals surface area contributed by atoms with Gasteiger partial charge in [0.2, 0.25) is 10.0 Å². The van der Waals surface area contributed by atoms with Gasteiger partial charge in [0.1, 0.15) is 0 Å². The Kier molecular flexibility index (Phi) is 5.69. The maximum Gasteiger partial charge on any atom is 0.234 e. The Morgan fingerprint density at radius 3 is 2.67 bits per heavy atom. The molecule has 30 heavy (non-hydrogen) atoms. The van der Waals surface area contributed by atoms with Gasteiger partial charge in [-0.25, -0.2) is 8.42 Å². The van der Waals surface area contributed by atoms with Crippen molar-refractivity contribution in [3.05, 3.63) is 88.2 Å². The summed E-state index contributed by atoms with van der Waals surface area (Å²) in [6.07, 6.45) is 2.81. The van der Waals surface area contributed by atoms with Gasteiger partial charge < -0.3 is 9.67 Å². The number of aromatic nitrogens is 1. The Morgan fingerprint density at radius 2 is 1.93 bits per heavy atom. The monoisotopic (exact) mass is 444 g/mol. The van der Waals surface area contributed by atoms with Gasteiger partial charge >= 0.3 is 0 Å². The predicted molar refractivity (Wildman–Crippen MR) is 117 cm³/mol. The van der Waals surface area contributed by atoms with Gasteiger partial charge in [-0.05, 0) is 36.2 Å². The molecule has 0 bridgehead atoms. The second-order valence-corrected chi connectivity index (χ2v) is 9.48. The van der Waals surface area contributed by atoms with Crippen molar-refractivity contribution in [2.45, 2.75) is 18.9 Å². The molecule has 8 heteroatoms. The lowest BCUT2D eigenvalue weighted by Gasteiger charge is -2.19. The molecule has 0 aliphatic carbocycles. The Balaban J connectivity index is 1.84. The quantitative estimate of drug-likeness (QED) is 0.544. The van der Waals surface area contributed by atoms with Crippen LogP contribution in [0.15, 0.2) is 60.8 Å². The molecule has 2 aromatic carbocycles. The van der Waals surface area contributed by atoms with Crippen molar-refractivity contribution in [3.8, 4) is 0 Å². The third-order valence-electron chi connectivity index (χ3n) is 5.27. The van der Waals surface area contributed by atoms with Crippen LogP contribution in [0, 0.1) is 0 Å². The number of anilines is 1. The number of carbonyl (C=O) groups excluding carboxylic acids is 1. The molecule has 0 saturated heterocycles. The molecule has 1 unspecified atom stereocenters. The van der Waals surface area contributed by atoms with Crippen molar-refractivity contribution in [3.63, 3.8) is 0 Å². The number of hydrogen-bond acceptors (Lipinski definition) is 4. The minimum absolute atomic E-state index is 0.0572. The summed E-state index contributed by atoms with van der Waals surface area (Å²) >= 11 is 6.64. The van der Waals surface area contributed by atoms with Crippen LogP contribution in [0.2, 0.25) is 5.02 Å². The number of aliphatic hydroxyl groups is 1. The average molecular weight is 445 g/mol. The van der Waals surface area contributed by atoms with E-state index in [1.165, 1.54) is 12.1 Å². The third kappa shape index (κ3) is 4.01. The summed E-state index contributed by atoms with van der Waals surface area (Å²) < 4.78 is 28.8. The molecular weight excluding hydrogens is 424 g/mol. The largest absolute Gasteiger partial charge is 0.395 e. The number of aliphatic hydroxyl groups excluding tert-OH is 1. The molecule has 0 spiro atoms. The Hall–Kier alpha value is -2.61. The van der Waals surface area contributed by atoms with E-state index in [0.29, 0.717) is 21.7 Å². The summed E-state index contributed by atoms with van der Waals surface area (Å²) in [5.74, 6) is -0.719. The topological polar surface area (TPSA) is 88.4 Å². The second-order valence-electron chi connectivity index (χ2n) is 7.23. The molecule has 1 aliphatic rings. The number of aryl methyl sites for hydroxylation is 1. The summed E-state index contributed by atoms with van der Waals surface area (Å²) in [7, 11) is -3.75. The number of fused-ring (bicyclic) bond motifs is 1. The summed E-state index contributed by atoms with van der Waals surface area (Å²) in [4.78, 5) is 13.4. The Labute approximate surface area is 180 Å². The van der Waals surface area contributed by atoms with E-state index in [-0.39, 0.29) is 17.4 Å². The van der Waals surface area contributed by atoms with E-state index in [4.69, 9.17) is 16.7 Å². The number of hydrogen-bond donors (Lipinski definition) is 2. The number of rotatable bonds is 7. The normalized spacial score (nSPS) is 15.7. The van der Waals surface area contributed by atoms with Crippen molar-refractivity contribution in [2.75, 3.05) is 17.1 Å². The molecule has 156 valence electrons. The van der Waals surface area contributed by atoms with Crippen LogP contribution < -0.4 is 4.72 Å². The highest BCUT2D eigenvalue weighted by atomic mass is 35.5. The van der Waals surface area contributed by atoms with Gasteiger partial charge in [0.05, 0.1) is 18.0 Å². The lowest BCUT2D eigenvalue weighted by atomic mass is 9.87. The second kappa shape index (κ2) is 8.26. The fourth-order valence-corrected chi connectivity index (χ4v) is 5.14. The minimum atomic E-state index is -3.75. The van der Waals surface area contributed by atoms with Crippen LogP contribution in [0.1, 0.15) is 39.5 Å². The van der Waals surface area contributed by atoms with Gasteiger partial charge in [-0.1, -0.05) is 41.9 Å². The molecule has 1 aromatic heterocycles. The van der Waals surface area contributed by atoms with E-state index in [0.717, 1.165) is 18.7 Å². The fourth-order valence-electron chi connectivity index (χ4n) is 3.97. The number of carbonyl (C=O) groups is 1. The molecule has 2 N–H and O–H groups in total. The van der Waals surface area contributed by atoms with E-state index in [1.54, 1.807) is 24.3 Å². The minimum Gasteiger partial charge on any atom is -0.395 e. The Morgan fingerprint density at radius 1 is 1.17 bits per heavy atom. The van der Waals surface area contributed by atoms with E-state index in [2.05, 4.69) is 9.29 Å². The van der Waals surface area contributed by atoms with Crippen LogP contribution in [0.3, 0.4) is 0 Å². The highest BCUT2D eigenvalue weighted by Crippen LogP contribution is 2.41. The molecule has 0 saturated carbocycles. The van der Waals surface area contributed by atoms with Crippen molar-refractivity contribution in [2.24, 2.45) is 0 Å². The van der Waals surface area contributed by atoms with Crippen molar-refractivity contribution in [1.82, 2.24) is 4.57 Å². The zero-order valence-electron chi connectivity index (χ0n) is 16.1. The molecule has 0 amide bonds. The van der Waals surface area contributed by atoms with Crippen LogP contribution in [-0.4, -0.2) is 36.2 Å². The van der Waals surface area contributed by atoms with Crippen LogP contribution in [0.4, 0.5) is 5.69 Å². The average Bonchev–Trinajstić information content (AvgIpc) is 3.31. The SMILES string of the molecule is O=C(c1ccccc1)c1cc(NS(=O)(=O)CCO)cc(Cl)c1C1CCn2cccc21. The first-order chi connectivity index (χ1) is 14.4. The molecule has 1 aliphatic heterocycles. The molecule has 2 heterocycles. The van der Waals surface area contributed by atoms with E-state index >= 15 is 0 Å². The van der Waals surface area contributed by atoms with Gasteiger partial charge in [0.25, 0.3) is 0 Å². The fraction of sp³-hybridized carbons (Fsp3) is 0.227. The lowest BCUT2D eigenvalue weighted by molar-refractivity contribution is 0.103. The highest BCUT2D eigenvalue weighted by Gasteiger charge is 2.30. The van der Waals surface area contributed by atoms with Crippen molar-refractivity contribution >= 4 is 33.1 Å². The summed E-state index contributed by atoms with van der Waals surface area (Å²) in [6, 6.07) is 15.9. The van der Waals surface area contributed by atoms with Crippen molar-refractivity contribution < 1.29 is 18.3 Å². The number of nitrogens with one attached hydrogen (secondary N) is 1. The van der Waals surface area contributed by atoms with Crippen LogP contribution in [-0.2, 0) is 16.6 Å². The molecule has 4 rings (SSSR count). The lowest BCUT2D eigenvalue weighted by Crippen LogP contribution is -2.19. The van der Waals surface area contributed by atoms with E-state index < -0.39 is 22.4 Å². The van der Waals surface area contributed by atoms with Gasteiger partial charge in [-0.2, -0.15) is 0 Å².